The minimum absolute atomic E-state index is 0.148. The number of carbonyl (C=O) groups is 1. The van der Waals surface area contributed by atoms with Gasteiger partial charge in [-0.05, 0) is 41.3 Å². The van der Waals surface area contributed by atoms with E-state index >= 15 is 0 Å². The van der Waals surface area contributed by atoms with E-state index in [1.807, 2.05) is 12.3 Å². The molecular formula is C22H23NO4. The summed E-state index contributed by atoms with van der Waals surface area (Å²) >= 11 is 0. The third-order valence-corrected chi connectivity index (χ3v) is 4.55. The highest BCUT2D eigenvalue weighted by atomic mass is 16.5. The highest BCUT2D eigenvalue weighted by molar-refractivity contribution is 6.09. The van der Waals surface area contributed by atoms with Crippen LogP contribution >= 0.6 is 0 Å². The number of ether oxygens (including phenoxy) is 3. The van der Waals surface area contributed by atoms with Crippen molar-refractivity contribution in [2.75, 3.05) is 21.3 Å². The number of hydrogen-bond acceptors (Lipinski definition) is 4. The van der Waals surface area contributed by atoms with Gasteiger partial charge in [0.05, 0.1) is 27.0 Å². The summed E-state index contributed by atoms with van der Waals surface area (Å²) in [6, 6.07) is 13.5. The average molecular weight is 365 g/mol. The molecule has 140 valence electrons. The molecule has 0 bridgehead atoms. The Kier molecular flexibility index (Phi) is 5.50. The van der Waals surface area contributed by atoms with Crippen molar-refractivity contribution < 1.29 is 19.0 Å². The van der Waals surface area contributed by atoms with E-state index in [9.17, 15) is 4.79 Å². The predicted molar refractivity (Wildman–Crippen MR) is 105 cm³/mol. The Hall–Kier alpha value is -3.21. The number of H-pyrrole nitrogens is 1. The van der Waals surface area contributed by atoms with E-state index in [-0.39, 0.29) is 5.78 Å². The zero-order chi connectivity index (χ0) is 19.4. The molecule has 0 saturated heterocycles. The molecular weight excluding hydrogens is 342 g/mol. The Balaban J connectivity index is 1.93. The molecule has 0 unspecified atom stereocenters. The lowest BCUT2D eigenvalue weighted by molar-refractivity contribution is 0.103. The number of carbonyl (C=O) groups excluding carboxylic acids is 1. The molecule has 0 aliphatic carbocycles. The van der Waals surface area contributed by atoms with Crippen LogP contribution in [0, 0.1) is 0 Å². The zero-order valence-corrected chi connectivity index (χ0v) is 16.0. The number of rotatable bonds is 7. The zero-order valence-electron chi connectivity index (χ0n) is 16.0. The van der Waals surface area contributed by atoms with Crippen LogP contribution < -0.4 is 14.2 Å². The first-order valence-electron chi connectivity index (χ1n) is 8.73. The number of aromatic amines is 1. The first kappa shape index (κ1) is 18.6. The molecule has 3 rings (SSSR count). The molecule has 0 saturated carbocycles. The lowest BCUT2D eigenvalue weighted by Gasteiger charge is -2.13. The van der Waals surface area contributed by atoms with Crippen LogP contribution in [0.3, 0.4) is 0 Å². The number of hydrogen-bond donors (Lipinski definition) is 1. The molecule has 0 aliphatic heterocycles. The molecule has 0 aliphatic rings. The van der Waals surface area contributed by atoms with Crippen LogP contribution in [-0.2, 0) is 6.42 Å². The van der Waals surface area contributed by atoms with Crippen LogP contribution in [0.1, 0.15) is 28.5 Å². The van der Waals surface area contributed by atoms with Crippen LogP contribution in [0.15, 0.2) is 48.7 Å². The lowest BCUT2D eigenvalue weighted by Crippen LogP contribution is -2.04. The Morgan fingerprint density at radius 3 is 2.04 bits per heavy atom. The first-order chi connectivity index (χ1) is 13.1. The average Bonchev–Trinajstić information content (AvgIpc) is 3.22. The minimum atomic E-state index is -0.148. The van der Waals surface area contributed by atoms with Gasteiger partial charge in [0, 0.05) is 11.8 Å². The highest BCUT2D eigenvalue weighted by Crippen LogP contribution is 2.38. The molecule has 0 fully saturated rings. The number of aryl methyl sites for hydroxylation is 1. The number of methoxy groups -OCH3 is 3. The molecule has 5 nitrogen and oxygen atoms in total. The summed E-state index contributed by atoms with van der Waals surface area (Å²) in [4.78, 5) is 16.0. The van der Waals surface area contributed by atoms with Gasteiger partial charge in [0.1, 0.15) is 0 Å². The second-order valence-corrected chi connectivity index (χ2v) is 6.10. The molecule has 5 heteroatoms. The molecule has 0 spiro atoms. The normalized spacial score (nSPS) is 10.5. The SMILES string of the molecule is CCc1ccc(-c2c[nH]c(C(=O)c3cc(OC)c(OC)c(OC)c3)c2)cc1. The predicted octanol–water partition coefficient (Wildman–Crippen LogP) is 4.50. The maximum atomic E-state index is 12.9. The van der Waals surface area contributed by atoms with Crippen molar-refractivity contribution in [1.29, 1.82) is 0 Å². The third kappa shape index (κ3) is 3.67. The number of benzene rings is 2. The molecule has 3 aromatic rings. The van der Waals surface area contributed by atoms with E-state index in [0.29, 0.717) is 28.5 Å². The van der Waals surface area contributed by atoms with Gasteiger partial charge in [-0.3, -0.25) is 4.79 Å². The van der Waals surface area contributed by atoms with Crippen molar-refractivity contribution in [2.24, 2.45) is 0 Å². The Labute approximate surface area is 158 Å². The van der Waals surface area contributed by atoms with Gasteiger partial charge in [0.15, 0.2) is 11.5 Å². The quantitative estimate of drug-likeness (QED) is 0.626. The van der Waals surface area contributed by atoms with Crippen molar-refractivity contribution in [3.05, 3.63) is 65.5 Å². The topological polar surface area (TPSA) is 60.6 Å². The van der Waals surface area contributed by atoms with Crippen LogP contribution in [0.2, 0.25) is 0 Å². The molecule has 1 aromatic heterocycles. The van der Waals surface area contributed by atoms with Crippen LogP contribution in [0.25, 0.3) is 11.1 Å². The van der Waals surface area contributed by atoms with Gasteiger partial charge >= 0.3 is 0 Å². The summed E-state index contributed by atoms with van der Waals surface area (Å²) in [6.07, 6.45) is 2.84. The van der Waals surface area contributed by atoms with Crippen molar-refractivity contribution in [1.82, 2.24) is 4.98 Å². The summed E-state index contributed by atoms with van der Waals surface area (Å²) in [5.41, 5.74) is 4.27. The van der Waals surface area contributed by atoms with E-state index in [2.05, 4.69) is 36.2 Å². The minimum Gasteiger partial charge on any atom is -0.493 e. The summed E-state index contributed by atoms with van der Waals surface area (Å²) < 4.78 is 16.0. The van der Waals surface area contributed by atoms with Crippen molar-refractivity contribution in [3.8, 4) is 28.4 Å². The molecule has 0 atom stereocenters. The second kappa shape index (κ2) is 7.99. The molecule has 1 N–H and O–H groups in total. The highest BCUT2D eigenvalue weighted by Gasteiger charge is 2.19. The Morgan fingerprint density at radius 1 is 0.889 bits per heavy atom. The third-order valence-electron chi connectivity index (χ3n) is 4.55. The summed E-state index contributed by atoms with van der Waals surface area (Å²) in [5.74, 6) is 1.20. The van der Waals surface area contributed by atoms with E-state index in [0.717, 1.165) is 17.5 Å². The van der Waals surface area contributed by atoms with E-state index in [4.69, 9.17) is 14.2 Å². The molecule has 2 aromatic carbocycles. The van der Waals surface area contributed by atoms with Gasteiger partial charge in [-0.15, -0.1) is 0 Å². The van der Waals surface area contributed by atoms with E-state index in [1.54, 1.807) is 12.1 Å². The summed E-state index contributed by atoms with van der Waals surface area (Å²) in [7, 11) is 4.58. The van der Waals surface area contributed by atoms with Gasteiger partial charge in [0.25, 0.3) is 0 Å². The van der Waals surface area contributed by atoms with E-state index < -0.39 is 0 Å². The van der Waals surface area contributed by atoms with Gasteiger partial charge in [0.2, 0.25) is 11.5 Å². The number of nitrogens with one attached hydrogen (secondary N) is 1. The fraction of sp³-hybridized carbons (Fsp3) is 0.227. The molecule has 0 amide bonds. The molecule has 27 heavy (non-hydrogen) atoms. The second-order valence-electron chi connectivity index (χ2n) is 6.10. The smallest absolute Gasteiger partial charge is 0.209 e. The van der Waals surface area contributed by atoms with Gasteiger partial charge < -0.3 is 19.2 Å². The summed E-state index contributed by atoms with van der Waals surface area (Å²) in [6.45, 7) is 2.12. The maximum absolute atomic E-state index is 12.9. The lowest BCUT2D eigenvalue weighted by atomic mass is 10.0. The van der Waals surface area contributed by atoms with Gasteiger partial charge in [-0.1, -0.05) is 31.2 Å². The number of ketones is 1. The number of aromatic nitrogens is 1. The Morgan fingerprint density at radius 2 is 1.52 bits per heavy atom. The molecule has 0 radical (unpaired) electrons. The van der Waals surface area contributed by atoms with Gasteiger partial charge in [-0.2, -0.15) is 0 Å². The van der Waals surface area contributed by atoms with E-state index in [1.165, 1.54) is 26.9 Å². The van der Waals surface area contributed by atoms with Crippen molar-refractivity contribution in [3.63, 3.8) is 0 Å². The van der Waals surface area contributed by atoms with Crippen molar-refractivity contribution >= 4 is 5.78 Å². The summed E-state index contributed by atoms with van der Waals surface area (Å²) in [5, 5.41) is 0. The Bertz CT molecular complexity index is 916. The first-order valence-corrected chi connectivity index (χ1v) is 8.73. The fourth-order valence-electron chi connectivity index (χ4n) is 2.99. The standard InChI is InChI=1S/C22H23NO4/c1-5-14-6-8-15(9-7-14)17-10-18(23-13-17)21(24)16-11-19(25-2)22(27-4)20(12-16)26-3/h6-13,23H,5H2,1-4H3. The van der Waals surface area contributed by atoms with Gasteiger partial charge in [-0.25, -0.2) is 0 Å². The van der Waals surface area contributed by atoms with Crippen LogP contribution in [-0.4, -0.2) is 32.1 Å². The monoisotopic (exact) mass is 365 g/mol. The van der Waals surface area contributed by atoms with Crippen LogP contribution in [0.5, 0.6) is 17.2 Å². The van der Waals surface area contributed by atoms with Crippen molar-refractivity contribution in [2.45, 2.75) is 13.3 Å². The largest absolute Gasteiger partial charge is 0.493 e. The fourth-order valence-corrected chi connectivity index (χ4v) is 2.99. The maximum Gasteiger partial charge on any atom is 0.209 e. The van der Waals surface area contributed by atoms with Crippen LogP contribution in [0.4, 0.5) is 0 Å². The molecule has 1 heterocycles.